The molecule has 0 unspecified atom stereocenters. The van der Waals surface area contributed by atoms with E-state index in [2.05, 4.69) is 10.6 Å². The predicted octanol–water partition coefficient (Wildman–Crippen LogP) is 2.39. The molecule has 0 spiro atoms. The topological polar surface area (TPSA) is 91.2 Å². The van der Waals surface area contributed by atoms with Crippen molar-refractivity contribution in [2.45, 2.75) is 13.0 Å². The molecule has 0 aliphatic rings. The van der Waals surface area contributed by atoms with Gasteiger partial charge in [0.2, 0.25) is 11.8 Å². The molecule has 0 aliphatic heterocycles. The highest BCUT2D eigenvalue weighted by Crippen LogP contribution is 2.11. The summed E-state index contributed by atoms with van der Waals surface area (Å²) in [6.45, 7) is 1.45. The van der Waals surface area contributed by atoms with E-state index < -0.39 is 0 Å². The molecule has 0 saturated carbocycles. The van der Waals surface area contributed by atoms with E-state index in [4.69, 9.17) is 10.00 Å². The molecule has 0 aromatic heterocycles. The van der Waals surface area contributed by atoms with E-state index in [0.29, 0.717) is 11.3 Å². The number of nitrogens with one attached hydrogen (secondary N) is 2. The van der Waals surface area contributed by atoms with Crippen LogP contribution >= 0.6 is 0 Å². The monoisotopic (exact) mass is 337 g/mol. The van der Waals surface area contributed by atoms with Crippen LogP contribution in [0.25, 0.3) is 0 Å². The van der Waals surface area contributed by atoms with E-state index in [0.717, 1.165) is 5.56 Å². The summed E-state index contributed by atoms with van der Waals surface area (Å²) in [5.74, 6) is -0.656. The van der Waals surface area contributed by atoms with Gasteiger partial charge >= 0.3 is 0 Å². The summed E-state index contributed by atoms with van der Waals surface area (Å²) in [5.41, 5.74) is 2.07. The first-order valence-electron chi connectivity index (χ1n) is 7.80. The second-order valence-corrected chi connectivity index (χ2v) is 5.43. The molecule has 0 saturated heterocycles. The minimum Gasteiger partial charge on any atom is -0.362 e. The number of anilines is 1. The largest absolute Gasteiger partial charge is 0.362 e. The van der Waals surface area contributed by atoms with Crippen molar-refractivity contribution in [3.63, 3.8) is 0 Å². The fourth-order valence-corrected chi connectivity index (χ4v) is 2.17. The summed E-state index contributed by atoms with van der Waals surface area (Å²) in [6.07, 6.45) is 0. The number of amides is 2. The van der Waals surface area contributed by atoms with Gasteiger partial charge in [-0.2, -0.15) is 5.26 Å². The highest BCUT2D eigenvalue weighted by atomic mass is 16.5. The third-order valence-electron chi connectivity index (χ3n) is 3.44. The quantitative estimate of drug-likeness (QED) is 0.811. The Morgan fingerprint density at radius 3 is 2.32 bits per heavy atom. The standard InChI is InChI=1S/C19H19N3O3/c1-14(16-5-3-2-4-6-16)21-18(23)12-25-13-19(24)22-17-9-7-15(11-20)8-10-17/h2-10,14H,12-13H2,1H3,(H,21,23)(H,22,24)/t14-/m1/s1. The lowest BCUT2D eigenvalue weighted by molar-refractivity contribution is -0.129. The maximum atomic E-state index is 11.8. The number of rotatable bonds is 7. The zero-order chi connectivity index (χ0) is 18.1. The van der Waals surface area contributed by atoms with Crippen molar-refractivity contribution in [1.82, 2.24) is 5.32 Å². The molecule has 6 nitrogen and oxygen atoms in total. The van der Waals surface area contributed by atoms with Crippen LogP contribution in [-0.2, 0) is 14.3 Å². The summed E-state index contributed by atoms with van der Waals surface area (Å²) in [7, 11) is 0. The van der Waals surface area contributed by atoms with Crippen LogP contribution in [0.2, 0.25) is 0 Å². The lowest BCUT2D eigenvalue weighted by Crippen LogP contribution is -2.31. The number of nitrogens with zero attached hydrogens (tertiary/aromatic N) is 1. The first-order chi connectivity index (χ1) is 12.1. The minimum absolute atomic E-state index is 0.134. The summed E-state index contributed by atoms with van der Waals surface area (Å²) in [6, 6.07) is 17.9. The zero-order valence-corrected chi connectivity index (χ0v) is 13.9. The van der Waals surface area contributed by atoms with Gasteiger partial charge in [0.05, 0.1) is 17.7 Å². The number of hydrogen-bond donors (Lipinski definition) is 2. The number of hydrogen-bond acceptors (Lipinski definition) is 4. The second-order valence-electron chi connectivity index (χ2n) is 5.43. The molecule has 0 fully saturated rings. The average molecular weight is 337 g/mol. The first-order valence-corrected chi connectivity index (χ1v) is 7.80. The number of carbonyl (C=O) groups excluding carboxylic acids is 2. The maximum absolute atomic E-state index is 11.8. The lowest BCUT2D eigenvalue weighted by Gasteiger charge is -2.14. The van der Waals surface area contributed by atoms with Crippen molar-refractivity contribution in [1.29, 1.82) is 5.26 Å². The third kappa shape index (κ3) is 6.09. The Hall–Kier alpha value is -3.17. The van der Waals surface area contributed by atoms with E-state index in [1.54, 1.807) is 24.3 Å². The number of benzene rings is 2. The highest BCUT2D eigenvalue weighted by molar-refractivity contribution is 5.91. The van der Waals surface area contributed by atoms with Gasteiger partial charge in [-0.3, -0.25) is 9.59 Å². The Morgan fingerprint density at radius 2 is 1.68 bits per heavy atom. The second kappa shape index (κ2) is 9.21. The molecule has 2 N–H and O–H groups in total. The minimum atomic E-state index is -0.367. The van der Waals surface area contributed by atoms with Crippen LogP contribution in [0.5, 0.6) is 0 Å². The van der Waals surface area contributed by atoms with Gasteiger partial charge in [-0.25, -0.2) is 0 Å². The summed E-state index contributed by atoms with van der Waals surface area (Å²) in [4.78, 5) is 23.6. The van der Waals surface area contributed by atoms with Crippen LogP contribution in [0.1, 0.15) is 24.1 Å². The molecule has 128 valence electrons. The Balaban J connectivity index is 1.69. The van der Waals surface area contributed by atoms with Gasteiger partial charge in [0.15, 0.2) is 0 Å². The van der Waals surface area contributed by atoms with Crippen LogP contribution in [0.4, 0.5) is 5.69 Å². The molecular formula is C19H19N3O3. The van der Waals surface area contributed by atoms with Crippen LogP contribution in [-0.4, -0.2) is 25.0 Å². The first kappa shape index (κ1) is 18.2. The predicted molar refractivity (Wildman–Crippen MR) is 93.6 cm³/mol. The highest BCUT2D eigenvalue weighted by Gasteiger charge is 2.10. The van der Waals surface area contributed by atoms with Gasteiger partial charge in [0, 0.05) is 5.69 Å². The van der Waals surface area contributed by atoms with E-state index in [1.165, 1.54) is 0 Å². The van der Waals surface area contributed by atoms with Gasteiger partial charge in [-0.05, 0) is 36.8 Å². The fourth-order valence-electron chi connectivity index (χ4n) is 2.17. The summed E-state index contributed by atoms with van der Waals surface area (Å²) < 4.78 is 5.13. The maximum Gasteiger partial charge on any atom is 0.250 e. The smallest absolute Gasteiger partial charge is 0.250 e. The molecule has 2 aromatic rings. The van der Waals surface area contributed by atoms with Crippen molar-refractivity contribution in [3.05, 3.63) is 65.7 Å². The normalized spacial score (nSPS) is 11.2. The molecule has 0 heterocycles. The van der Waals surface area contributed by atoms with Gasteiger partial charge in [0.25, 0.3) is 0 Å². The molecule has 25 heavy (non-hydrogen) atoms. The van der Waals surface area contributed by atoms with Crippen molar-refractivity contribution < 1.29 is 14.3 Å². The van der Waals surface area contributed by atoms with E-state index in [-0.39, 0.29) is 31.1 Å². The van der Waals surface area contributed by atoms with Crippen molar-refractivity contribution in [3.8, 4) is 6.07 Å². The molecule has 0 radical (unpaired) electrons. The number of nitriles is 1. The van der Waals surface area contributed by atoms with Crippen LogP contribution < -0.4 is 10.6 Å². The van der Waals surface area contributed by atoms with Crippen molar-refractivity contribution >= 4 is 17.5 Å². The molecule has 0 aliphatic carbocycles. The number of carbonyl (C=O) groups is 2. The van der Waals surface area contributed by atoms with E-state index in [1.807, 2.05) is 43.3 Å². The van der Waals surface area contributed by atoms with Gasteiger partial charge in [0.1, 0.15) is 13.2 Å². The van der Waals surface area contributed by atoms with Gasteiger partial charge in [-0.15, -0.1) is 0 Å². The van der Waals surface area contributed by atoms with Crippen molar-refractivity contribution in [2.75, 3.05) is 18.5 Å². The number of ether oxygens (including phenoxy) is 1. The fraction of sp³-hybridized carbons (Fsp3) is 0.211. The third-order valence-corrected chi connectivity index (χ3v) is 3.44. The Bertz CT molecular complexity index is 752. The van der Waals surface area contributed by atoms with Crippen molar-refractivity contribution in [2.24, 2.45) is 0 Å². The molecule has 1 atom stereocenters. The zero-order valence-electron chi connectivity index (χ0n) is 13.9. The van der Waals surface area contributed by atoms with Crippen LogP contribution in [0.15, 0.2) is 54.6 Å². The molecule has 2 amide bonds. The molecule has 2 rings (SSSR count). The molecular weight excluding hydrogens is 318 g/mol. The van der Waals surface area contributed by atoms with E-state index in [9.17, 15) is 9.59 Å². The summed E-state index contributed by atoms with van der Waals surface area (Å²) >= 11 is 0. The lowest BCUT2D eigenvalue weighted by atomic mass is 10.1. The van der Waals surface area contributed by atoms with Gasteiger partial charge in [-0.1, -0.05) is 30.3 Å². The molecule has 0 bridgehead atoms. The Labute approximate surface area is 146 Å². The Morgan fingerprint density at radius 1 is 1.04 bits per heavy atom. The summed E-state index contributed by atoms with van der Waals surface area (Å²) in [5, 5.41) is 14.2. The van der Waals surface area contributed by atoms with Crippen LogP contribution in [0, 0.1) is 11.3 Å². The van der Waals surface area contributed by atoms with Crippen LogP contribution in [0.3, 0.4) is 0 Å². The SMILES string of the molecule is C[C@@H](NC(=O)COCC(=O)Nc1ccc(C#N)cc1)c1ccccc1. The van der Waals surface area contributed by atoms with E-state index >= 15 is 0 Å². The molecule has 2 aromatic carbocycles. The Kier molecular flexibility index (Phi) is 6.69. The molecule has 6 heteroatoms. The van der Waals surface area contributed by atoms with Gasteiger partial charge < -0.3 is 15.4 Å². The average Bonchev–Trinajstić information content (AvgIpc) is 2.63.